The fourth-order valence-electron chi connectivity index (χ4n) is 2.71. The molecule has 0 saturated heterocycles. The first-order valence-corrected chi connectivity index (χ1v) is 9.50. The average molecular weight is 423 g/mol. The van der Waals surface area contributed by atoms with Gasteiger partial charge in [0.1, 0.15) is 23.1 Å². The summed E-state index contributed by atoms with van der Waals surface area (Å²) in [5.74, 6) is -0.243. The monoisotopic (exact) mass is 423 g/mol. The van der Waals surface area contributed by atoms with Crippen molar-refractivity contribution in [3.05, 3.63) is 84.2 Å². The number of carbonyl (C=O) groups is 2. The van der Waals surface area contributed by atoms with Crippen LogP contribution in [-0.2, 0) is 4.79 Å². The first-order chi connectivity index (χ1) is 14.8. The Labute approximate surface area is 179 Å². The van der Waals surface area contributed by atoms with E-state index in [4.69, 9.17) is 14.2 Å². The van der Waals surface area contributed by atoms with Gasteiger partial charge in [-0.1, -0.05) is 12.1 Å². The Balaban J connectivity index is 1.62. The fraction of sp³-hybridized carbons (Fsp3) is 0.167. The van der Waals surface area contributed by atoms with Gasteiger partial charge in [-0.2, -0.15) is 0 Å². The molecule has 160 valence electrons. The predicted octanol–water partition coefficient (Wildman–Crippen LogP) is 4.85. The highest BCUT2D eigenvalue weighted by Gasteiger charge is 2.32. The highest BCUT2D eigenvalue weighted by molar-refractivity contribution is 6.06. The summed E-state index contributed by atoms with van der Waals surface area (Å²) >= 11 is 0. The third-order valence-corrected chi connectivity index (χ3v) is 4.35. The number of methoxy groups -OCH3 is 1. The van der Waals surface area contributed by atoms with E-state index in [2.05, 4.69) is 5.32 Å². The molecule has 0 spiro atoms. The van der Waals surface area contributed by atoms with Crippen LogP contribution < -0.4 is 19.5 Å². The van der Waals surface area contributed by atoms with E-state index in [0.29, 0.717) is 22.7 Å². The van der Waals surface area contributed by atoms with Crippen molar-refractivity contribution < 1.29 is 28.2 Å². The van der Waals surface area contributed by atoms with Crippen LogP contribution in [0, 0.1) is 5.82 Å². The molecule has 3 rings (SSSR count). The predicted molar refractivity (Wildman–Crippen MR) is 114 cm³/mol. The van der Waals surface area contributed by atoms with Gasteiger partial charge < -0.3 is 19.5 Å². The van der Waals surface area contributed by atoms with Gasteiger partial charge in [0.25, 0.3) is 5.91 Å². The molecule has 0 aliphatic heterocycles. The molecule has 0 aliphatic carbocycles. The summed E-state index contributed by atoms with van der Waals surface area (Å²) in [6.45, 7) is 3.11. The number of hydrogen-bond donors (Lipinski definition) is 1. The maximum atomic E-state index is 13.0. The van der Waals surface area contributed by atoms with Crippen molar-refractivity contribution in [1.82, 2.24) is 0 Å². The van der Waals surface area contributed by atoms with Crippen LogP contribution in [0.15, 0.2) is 72.8 Å². The molecule has 3 aromatic rings. The van der Waals surface area contributed by atoms with Crippen molar-refractivity contribution in [3.63, 3.8) is 0 Å². The molecule has 0 fully saturated rings. The van der Waals surface area contributed by atoms with Crippen LogP contribution >= 0.6 is 0 Å². The number of anilines is 1. The van der Waals surface area contributed by atoms with Gasteiger partial charge in [0.2, 0.25) is 5.60 Å². The Kier molecular flexibility index (Phi) is 6.55. The van der Waals surface area contributed by atoms with Gasteiger partial charge in [-0.05, 0) is 74.5 Å². The van der Waals surface area contributed by atoms with E-state index in [1.54, 1.807) is 62.4 Å². The molecule has 7 heteroatoms. The molecule has 1 N–H and O–H groups in total. The van der Waals surface area contributed by atoms with E-state index in [9.17, 15) is 14.0 Å². The minimum absolute atomic E-state index is 0.288. The van der Waals surface area contributed by atoms with E-state index in [-0.39, 0.29) is 11.7 Å². The standard InChI is InChI=1S/C24H22FNO5/c1-24(2,31-19-12-8-16(25)9-13-19)23(28)30-18-14-10-17(11-15-18)26-22(27)20-6-4-5-7-21(20)29-3/h4-15H,1-3H3,(H,26,27). The molecule has 0 bridgehead atoms. The largest absolute Gasteiger partial charge is 0.496 e. The Hall–Kier alpha value is -3.87. The van der Waals surface area contributed by atoms with E-state index >= 15 is 0 Å². The smallest absolute Gasteiger partial charge is 0.355 e. The number of halogens is 1. The molecule has 0 aromatic heterocycles. The van der Waals surface area contributed by atoms with Gasteiger partial charge in [-0.3, -0.25) is 4.79 Å². The summed E-state index contributed by atoms with van der Waals surface area (Å²) in [5.41, 5.74) is -0.369. The van der Waals surface area contributed by atoms with Crippen LogP contribution in [-0.4, -0.2) is 24.6 Å². The molecule has 1 amide bonds. The number of amides is 1. The highest BCUT2D eigenvalue weighted by Crippen LogP contribution is 2.24. The van der Waals surface area contributed by atoms with Gasteiger partial charge in [-0.25, -0.2) is 9.18 Å². The highest BCUT2D eigenvalue weighted by atomic mass is 19.1. The number of carbonyl (C=O) groups excluding carboxylic acids is 2. The Morgan fingerprint density at radius 2 is 1.48 bits per heavy atom. The molecule has 3 aromatic carbocycles. The van der Waals surface area contributed by atoms with Crippen LogP contribution in [0.25, 0.3) is 0 Å². The third kappa shape index (κ3) is 5.60. The van der Waals surface area contributed by atoms with Crippen LogP contribution in [0.3, 0.4) is 0 Å². The number of esters is 1. The lowest BCUT2D eigenvalue weighted by molar-refractivity contribution is -0.149. The molecule has 0 unspecified atom stereocenters. The van der Waals surface area contributed by atoms with Crippen LogP contribution in [0.1, 0.15) is 24.2 Å². The number of nitrogens with one attached hydrogen (secondary N) is 1. The summed E-state index contributed by atoms with van der Waals surface area (Å²) in [6, 6.07) is 18.6. The van der Waals surface area contributed by atoms with Gasteiger partial charge in [0.05, 0.1) is 12.7 Å². The molecule has 0 heterocycles. The second-order valence-electron chi connectivity index (χ2n) is 7.13. The van der Waals surface area contributed by atoms with Crippen molar-refractivity contribution in [2.75, 3.05) is 12.4 Å². The van der Waals surface area contributed by atoms with E-state index in [1.165, 1.54) is 31.4 Å². The van der Waals surface area contributed by atoms with Crippen molar-refractivity contribution in [3.8, 4) is 17.2 Å². The normalized spacial score (nSPS) is 10.8. The summed E-state index contributed by atoms with van der Waals surface area (Å²) in [4.78, 5) is 25.0. The second kappa shape index (κ2) is 9.30. The van der Waals surface area contributed by atoms with Crippen molar-refractivity contribution in [1.29, 1.82) is 0 Å². The van der Waals surface area contributed by atoms with E-state index < -0.39 is 17.4 Å². The zero-order valence-corrected chi connectivity index (χ0v) is 17.3. The van der Waals surface area contributed by atoms with Crippen molar-refractivity contribution in [2.45, 2.75) is 19.4 Å². The lowest BCUT2D eigenvalue weighted by Crippen LogP contribution is -2.41. The molecular formula is C24H22FNO5. The van der Waals surface area contributed by atoms with Crippen molar-refractivity contribution in [2.24, 2.45) is 0 Å². The minimum Gasteiger partial charge on any atom is -0.496 e. The Bertz CT molecular complexity index is 1060. The molecule has 31 heavy (non-hydrogen) atoms. The first-order valence-electron chi connectivity index (χ1n) is 9.50. The Morgan fingerprint density at radius 3 is 2.13 bits per heavy atom. The summed E-state index contributed by atoms with van der Waals surface area (Å²) in [5, 5.41) is 2.77. The third-order valence-electron chi connectivity index (χ3n) is 4.35. The molecule has 0 radical (unpaired) electrons. The van der Waals surface area contributed by atoms with Gasteiger partial charge in [0, 0.05) is 5.69 Å². The van der Waals surface area contributed by atoms with Gasteiger partial charge >= 0.3 is 5.97 Å². The number of hydrogen-bond acceptors (Lipinski definition) is 5. The van der Waals surface area contributed by atoms with Gasteiger partial charge in [-0.15, -0.1) is 0 Å². The zero-order valence-electron chi connectivity index (χ0n) is 17.3. The number of benzene rings is 3. The fourth-order valence-corrected chi connectivity index (χ4v) is 2.71. The molecule has 0 atom stereocenters. The lowest BCUT2D eigenvalue weighted by Gasteiger charge is -2.24. The molecule has 6 nitrogen and oxygen atoms in total. The molecule has 0 aliphatic rings. The number of rotatable bonds is 7. The van der Waals surface area contributed by atoms with Crippen LogP contribution in [0.2, 0.25) is 0 Å². The minimum atomic E-state index is -1.30. The summed E-state index contributed by atoms with van der Waals surface area (Å²) in [7, 11) is 1.50. The lowest BCUT2D eigenvalue weighted by atomic mass is 10.1. The maximum Gasteiger partial charge on any atom is 0.355 e. The summed E-state index contributed by atoms with van der Waals surface area (Å²) < 4.78 is 29.2. The summed E-state index contributed by atoms with van der Waals surface area (Å²) in [6.07, 6.45) is 0. The second-order valence-corrected chi connectivity index (χ2v) is 7.13. The van der Waals surface area contributed by atoms with Gasteiger partial charge in [0.15, 0.2) is 0 Å². The number of para-hydroxylation sites is 1. The Morgan fingerprint density at radius 1 is 0.871 bits per heavy atom. The van der Waals surface area contributed by atoms with E-state index in [0.717, 1.165) is 0 Å². The average Bonchev–Trinajstić information content (AvgIpc) is 2.76. The maximum absolute atomic E-state index is 13.0. The zero-order chi connectivity index (χ0) is 22.4. The number of ether oxygens (including phenoxy) is 3. The van der Waals surface area contributed by atoms with E-state index in [1.807, 2.05) is 0 Å². The SMILES string of the molecule is COc1ccccc1C(=O)Nc1ccc(OC(=O)C(C)(C)Oc2ccc(F)cc2)cc1. The first kappa shape index (κ1) is 21.8. The van der Waals surface area contributed by atoms with Crippen molar-refractivity contribution >= 4 is 17.6 Å². The molecule has 0 saturated carbocycles. The van der Waals surface area contributed by atoms with Crippen LogP contribution in [0.5, 0.6) is 17.2 Å². The topological polar surface area (TPSA) is 73.9 Å². The van der Waals surface area contributed by atoms with Crippen LogP contribution in [0.4, 0.5) is 10.1 Å². The quantitative estimate of drug-likeness (QED) is 0.434. The molecular weight excluding hydrogens is 401 g/mol.